The lowest BCUT2D eigenvalue weighted by atomic mass is 9.89. The molecule has 2 N–H and O–H groups in total. The lowest BCUT2D eigenvalue weighted by Crippen LogP contribution is -2.37. The van der Waals surface area contributed by atoms with E-state index in [1.54, 1.807) is 30.5 Å². The second kappa shape index (κ2) is 7.23. The summed E-state index contributed by atoms with van der Waals surface area (Å²) in [5, 5.41) is 3.90. The lowest BCUT2D eigenvalue weighted by molar-refractivity contribution is -0.114. The molecule has 0 aliphatic carbocycles. The van der Waals surface area contributed by atoms with Crippen LogP contribution in [0.3, 0.4) is 0 Å². The van der Waals surface area contributed by atoms with Gasteiger partial charge in [-0.2, -0.15) is 0 Å². The van der Waals surface area contributed by atoms with Gasteiger partial charge in [-0.3, -0.25) is 9.59 Å². The first kappa shape index (κ1) is 17.3. The van der Waals surface area contributed by atoms with Gasteiger partial charge in [0.2, 0.25) is 5.91 Å². The highest BCUT2D eigenvalue weighted by molar-refractivity contribution is 5.97. The Morgan fingerprint density at radius 1 is 1.19 bits per heavy atom. The number of nitrogens with one attached hydrogen (secondary N) is 2. The van der Waals surface area contributed by atoms with Crippen LogP contribution in [0.4, 0.5) is 5.69 Å². The van der Waals surface area contributed by atoms with Gasteiger partial charge in [-0.05, 0) is 54.7 Å². The van der Waals surface area contributed by atoms with Gasteiger partial charge in [0, 0.05) is 49.0 Å². The van der Waals surface area contributed by atoms with Crippen LogP contribution in [0.5, 0.6) is 0 Å². The molecule has 2 amide bonds. The van der Waals surface area contributed by atoms with E-state index in [0.29, 0.717) is 17.2 Å². The maximum Gasteiger partial charge on any atom is 0.253 e. The van der Waals surface area contributed by atoms with E-state index in [1.807, 2.05) is 11.0 Å². The number of aromatic amines is 1. The van der Waals surface area contributed by atoms with Crippen LogP contribution in [0.25, 0.3) is 11.0 Å². The number of carbonyl (C=O) groups is 2. The van der Waals surface area contributed by atoms with Gasteiger partial charge in [0.15, 0.2) is 0 Å². The van der Waals surface area contributed by atoms with Crippen molar-refractivity contribution in [2.45, 2.75) is 25.7 Å². The molecule has 1 saturated heterocycles. The van der Waals surface area contributed by atoms with Crippen molar-refractivity contribution < 1.29 is 9.59 Å². The minimum Gasteiger partial charge on any atom is -0.346 e. The molecule has 1 aliphatic heterocycles. The molecular weight excluding hydrogens is 340 g/mol. The van der Waals surface area contributed by atoms with Crippen LogP contribution in [0, 0.1) is 0 Å². The Hall–Kier alpha value is -3.15. The summed E-state index contributed by atoms with van der Waals surface area (Å²) in [7, 11) is 0. The molecule has 1 aliphatic rings. The molecule has 3 aromatic rings. The number of hydrogen-bond acceptors (Lipinski definition) is 3. The number of nitrogens with zero attached hydrogens (tertiary/aromatic N) is 2. The fourth-order valence-corrected chi connectivity index (χ4v) is 3.82. The third-order valence-electron chi connectivity index (χ3n) is 5.13. The minimum atomic E-state index is -0.145. The molecule has 6 heteroatoms. The van der Waals surface area contributed by atoms with Gasteiger partial charge in [-0.1, -0.05) is 6.07 Å². The van der Waals surface area contributed by atoms with Crippen molar-refractivity contribution in [2.75, 3.05) is 18.4 Å². The third kappa shape index (κ3) is 3.56. The quantitative estimate of drug-likeness (QED) is 0.748. The summed E-state index contributed by atoms with van der Waals surface area (Å²) in [5.74, 6) is 0.299. The van der Waals surface area contributed by atoms with E-state index in [4.69, 9.17) is 0 Å². The smallest absolute Gasteiger partial charge is 0.253 e. The monoisotopic (exact) mass is 362 g/mol. The van der Waals surface area contributed by atoms with E-state index in [9.17, 15) is 9.59 Å². The first-order valence-corrected chi connectivity index (χ1v) is 9.21. The average Bonchev–Trinajstić information content (AvgIpc) is 3.11. The summed E-state index contributed by atoms with van der Waals surface area (Å²) in [6.45, 7) is 2.90. The number of pyridine rings is 1. The molecule has 0 atom stereocenters. The van der Waals surface area contributed by atoms with Gasteiger partial charge >= 0.3 is 0 Å². The van der Waals surface area contributed by atoms with Crippen molar-refractivity contribution in [2.24, 2.45) is 0 Å². The second-order valence-corrected chi connectivity index (χ2v) is 6.97. The predicted octanol–water partition coefficient (Wildman–Crippen LogP) is 3.54. The number of anilines is 1. The Kier molecular flexibility index (Phi) is 4.62. The molecule has 0 saturated carbocycles. The van der Waals surface area contributed by atoms with Crippen LogP contribution in [-0.4, -0.2) is 39.8 Å². The van der Waals surface area contributed by atoms with Gasteiger partial charge in [-0.25, -0.2) is 4.98 Å². The lowest BCUT2D eigenvalue weighted by Gasteiger charge is -2.32. The van der Waals surface area contributed by atoms with Crippen LogP contribution < -0.4 is 5.32 Å². The number of aromatic nitrogens is 2. The van der Waals surface area contributed by atoms with E-state index in [2.05, 4.69) is 27.5 Å². The number of rotatable bonds is 3. The van der Waals surface area contributed by atoms with Crippen LogP contribution >= 0.6 is 0 Å². The number of carbonyl (C=O) groups excluding carboxylic acids is 2. The van der Waals surface area contributed by atoms with E-state index < -0.39 is 0 Å². The van der Waals surface area contributed by atoms with E-state index in [0.717, 1.165) is 31.6 Å². The summed E-state index contributed by atoms with van der Waals surface area (Å²) in [6.07, 6.45) is 5.70. The fraction of sp³-hybridized carbons (Fsp3) is 0.286. The van der Waals surface area contributed by atoms with Crippen molar-refractivity contribution in [3.8, 4) is 0 Å². The summed E-state index contributed by atoms with van der Waals surface area (Å²) >= 11 is 0. The zero-order valence-electron chi connectivity index (χ0n) is 15.2. The topological polar surface area (TPSA) is 78.1 Å². The highest BCUT2D eigenvalue weighted by Gasteiger charge is 2.26. The van der Waals surface area contributed by atoms with Gasteiger partial charge < -0.3 is 15.2 Å². The zero-order chi connectivity index (χ0) is 18.8. The van der Waals surface area contributed by atoms with Crippen LogP contribution in [-0.2, 0) is 4.79 Å². The summed E-state index contributed by atoms with van der Waals surface area (Å²) in [4.78, 5) is 33.6. The minimum absolute atomic E-state index is 0.0150. The number of amides is 2. The Morgan fingerprint density at radius 2 is 2.00 bits per heavy atom. The molecular formula is C21H22N4O2. The third-order valence-corrected chi connectivity index (χ3v) is 5.13. The van der Waals surface area contributed by atoms with Crippen LogP contribution in [0.1, 0.15) is 41.6 Å². The maximum absolute atomic E-state index is 12.8. The van der Waals surface area contributed by atoms with Crippen molar-refractivity contribution >= 4 is 28.5 Å². The van der Waals surface area contributed by atoms with Gasteiger partial charge in [0.25, 0.3) is 5.91 Å². The zero-order valence-corrected chi connectivity index (χ0v) is 15.2. The first-order valence-electron chi connectivity index (χ1n) is 9.21. The van der Waals surface area contributed by atoms with Gasteiger partial charge in [0.1, 0.15) is 5.65 Å². The maximum atomic E-state index is 12.8. The fourth-order valence-electron chi connectivity index (χ4n) is 3.82. The Labute approximate surface area is 157 Å². The van der Waals surface area contributed by atoms with Crippen molar-refractivity contribution in [1.29, 1.82) is 0 Å². The molecule has 27 heavy (non-hydrogen) atoms. The summed E-state index contributed by atoms with van der Waals surface area (Å²) in [5.41, 5.74) is 3.46. The molecule has 0 radical (unpaired) electrons. The summed E-state index contributed by atoms with van der Waals surface area (Å²) in [6, 6.07) is 11.2. The number of benzene rings is 1. The standard InChI is InChI=1S/C21H22N4O2/c1-14(26)24-17-5-2-4-16(12-17)21(27)25-10-7-15(8-11-25)19-13-23-20-18(19)6-3-9-22-20/h2-6,9,12-13,15H,7-8,10-11H2,1H3,(H,22,23)(H,24,26). The van der Waals surface area contributed by atoms with Gasteiger partial charge in [-0.15, -0.1) is 0 Å². The first-order chi connectivity index (χ1) is 13.1. The molecule has 0 unspecified atom stereocenters. The predicted molar refractivity (Wildman–Crippen MR) is 105 cm³/mol. The Morgan fingerprint density at radius 3 is 2.78 bits per heavy atom. The normalized spacial score (nSPS) is 15.1. The highest BCUT2D eigenvalue weighted by Crippen LogP contribution is 2.33. The molecule has 2 aromatic heterocycles. The van der Waals surface area contributed by atoms with E-state index in [-0.39, 0.29) is 11.8 Å². The Balaban J connectivity index is 1.44. The SMILES string of the molecule is CC(=O)Nc1cccc(C(=O)N2CCC(c3c[nH]c4ncccc34)CC2)c1. The number of piperidine rings is 1. The van der Waals surface area contributed by atoms with E-state index in [1.165, 1.54) is 17.9 Å². The molecule has 1 fully saturated rings. The molecule has 0 bridgehead atoms. The molecule has 3 heterocycles. The number of hydrogen-bond donors (Lipinski definition) is 2. The molecule has 0 spiro atoms. The molecule has 6 nitrogen and oxygen atoms in total. The number of likely N-dealkylation sites (tertiary alicyclic amines) is 1. The van der Waals surface area contributed by atoms with Crippen LogP contribution in [0.15, 0.2) is 48.8 Å². The second-order valence-electron chi connectivity index (χ2n) is 6.97. The number of fused-ring (bicyclic) bond motifs is 1. The Bertz CT molecular complexity index is 987. The highest BCUT2D eigenvalue weighted by atomic mass is 16.2. The molecule has 138 valence electrons. The van der Waals surface area contributed by atoms with Crippen LogP contribution in [0.2, 0.25) is 0 Å². The molecule has 4 rings (SSSR count). The largest absolute Gasteiger partial charge is 0.346 e. The van der Waals surface area contributed by atoms with Gasteiger partial charge in [0.05, 0.1) is 0 Å². The number of H-pyrrole nitrogens is 1. The summed E-state index contributed by atoms with van der Waals surface area (Å²) < 4.78 is 0. The molecule has 1 aromatic carbocycles. The van der Waals surface area contributed by atoms with Crippen molar-refractivity contribution in [3.05, 3.63) is 59.9 Å². The van der Waals surface area contributed by atoms with E-state index >= 15 is 0 Å². The van der Waals surface area contributed by atoms with Crippen molar-refractivity contribution in [1.82, 2.24) is 14.9 Å². The average molecular weight is 362 g/mol. The van der Waals surface area contributed by atoms with Crippen molar-refractivity contribution in [3.63, 3.8) is 0 Å².